The van der Waals surface area contributed by atoms with Gasteiger partial charge in [-0.2, -0.15) is 0 Å². The number of nitrogens with one attached hydrogen (secondary N) is 1. The highest BCUT2D eigenvalue weighted by Crippen LogP contribution is 2.24. The number of rotatable bonds is 11. The number of methoxy groups -OCH3 is 2. The van der Waals surface area contributed by atoms with Gasteiger partial charge in [-0.25, -0.2) is 9.78 Å². The summed E-state index contributed by atoms with van der Waals surface area (Å²) in [6.07, 6.45) is 1.55. The van der Waals surface area contributed by atoms with Crippen molar-refractivity contribution in [3.05, 3.63) is 71.9 Å². The van der Waals surface area contributed by atoms with Crippen LogP contribution in [0.25, 0.3) is 0 Å². The van der Waals surface area contributed by atoms with Gasteiger partial charge in [-0.05, 0) is 48.0 Å². The predicted molar refractivity (Wildman–Crippen MR) is 120 cm³/mol. The molecule has 0 aliphatic rings. The molecule has 0 aliphatic heterocycles. The Morgan fingerprint density at radius 1 is 0.939 bits per heavy atom. The molecule has 0 aliphatic carbocycles. The average Bonchev–Trinajstić information content (AvgIpc) is 2.81. The topological polar surface area (TPSA) is 116 Å². The number of benzene rings is 2. The first kappa shape index (κ1) is 23.6. The minimum absolute atomic E-state index is 0.0197. The average molecular weight is 452 g/mol. The third-order valence-electron chi connectivity index (χ3n) is 4.50. The molecule has 3 rings (SSSR count). The minimum Gasteiger partial charge on any atom is -0.497 e. The smallest absolute Gasteiger partial charge is 0.337 e. The number of pyridine rings is 1. The lowest BCUT2D eigenvalue weighted by Crippen LogP contribution is -2.17. The molecule has 3 aromatic rings. The van der Waals surface area contributed by atoms with E-state index in [0.717, 1.165) is 0 Å². The second kappa shape index (κ2) is 11.5. The van der Waals surface area contributed by atoms with E-state index in [4.69, 9.17) is 18.9 Å². The van der Waals surface area contributed by atoms with Crippen molar-refractivity contribution < 1.29 is 33.6 Å². The molecule has 0 atom stereocenters. The number of hydrogen-bond acceptors (Lipinski definition) is 7. The van der Waals surface area contributed by atoms with Crippen LogP contribution in [0.15, 0.2) is 60.8 Å². The van der Waals surface area contributed by atoms with Crippen LogP contribution in [-0.4, -0.2) is 49.4 Å². The van der Waals surface area contributed by atoms with Crippen molar-refractivity contribution in [2.75, 3.05) is 32.8 Å². The van der Waals surface area contributed by atoms with Gasteiger partial charge < -0.3 is 29.4 Å². The molecule has 0 saturated carbocycles. The fourth-order valence-electron chi connectivity index (χ4n) is 2.86. The number of nitrogens with zero attached hydrogens (tertiary/aromatic N) is 1. The summed E-state index contributed by atoms with van der Waals surface area (Å²) in [5.74, 6) is 0.516. The molecule has 0 fully saturated rings. The molecule has 1 amide bonds. The van der Waals surface area contributed by atoms with Crippen LogP contribution >= 0.6 is 0 Å². The maximum Gasteiger partial charge on any atom is 0.337 e. The van der Waals surface area contributed by atoms with Crippen molar-refractivity contribution in [3.8, 4) is 23.1 Å². The fraction of sp³-hybridized carbons (Fsp3) is 0.208. The first-order valence-corrected chi connectivity index (χ1v) is 10.0. The lowest BCUT2D eigenvalue weighted by atomic mass is 10.1. The Morgan fingerprint density at radius 3 is 2.30 bits per heavy atom. The summed E-state index contributed by atoms with van der Waals surface area (Å²) in [6, 6.07) is 14.9. The van der Waals surface area contributed by atoms with Crippen molar-refractivity contribution >= 4 is 17.6 Å². The predicted octanol–water partition coefficient (Wildman–Crippen LogP) is 3.79. The van der Waals surface area contributed by atoms with Gasteiger partial charge in [0, 0.05) is 19.4 Å². The summed E-state index contributed by atoms with van der Waals surface area (Å²) in [5, 5.41) is 12.0. The third kappa shape index (κ3) is 6.94. The Labute approximate surface area is 190 Å². The van der Waals surface area contributed by atoms with Gasteiger partial charge in [0.25, 0.3) is 0 Å². The zero-order valence-electron chi connectivity index (χ0n) is 18.2. The lowest BCUT2D eigenvalue weighted by Gasteiger charge is -2.10. The summed E-state index contributed by atoms with van der Waals surface area (Å²) in [7, 11) is 3.05. The van der Waals surface area contributed by atoms with E-state index in [0.29, 0.717) is 41.9 Å². The van der Waals surface area contributed by atoms with Crippen molar-refractivity contribution in [2.24, 2.45) is 0 Å². The molecular weight excluding hydrogens is 428 g/mol. The molecule has 0 unspecified atom stereocenters. The zero-order valence-corrected chi connectivity index (χ0v) is 18.2. The third-order valence-corrected chi connectivity index (χ3v) is 4.50. The Bertz CT molecular complexity index is 1080. The Balaban J connectivity index is 1.56. The molecule has 0 bridgehead atoms. The van der Waals surface area contributed by atoms with Crippen molar-refractivity contribution in [1.82, 2.24) is 4.98 Å². The van der Waals surface area contributed by atoms with Crippen LogP contribution in [0.2, 0.25) is 0 Å². The molecule has 1 heterocycles. The SMILES string of the molecule is COCCOc1ccc(Oc2ccc(CC(=O)Nc3ccc(OC)cc3C(=O)O)cn2)cc1. The normalized spacial score (nSPS) is 10.4. The van der Waals surface area contributed by atoms with E-state index < -0.39 is 5.97 Å². The monoisotopic (exact) mass is 452 g/mol. The van der Waals surface area contributed by atoms with Crippen LogP contribution in [0.1, 0.15) is 15.9 Å². The number of amides is 1. The Morgan fingerprint density at radius 2 is 1.67 bits per heavy atom. The van der Waals surface area contributed by atoms with Crippen LogP contribution in [-0.2, 0) is 16.0 Å². The van der Waals surface area contributed by atoms with Crippen molar-refractivity contribution in [2.45, 2.75) is 6.42 Å². The zero-order chi connectivity index (χ0) is 23.6. The van der Waals surface area contributed by atoms with E-state index in [2.05, 4.69) is 10.3 Å². The maximum absolute atomic E-state index is 12.4. The maximum atomic E-state index is 12.4. The fourth-order valence-corrected chi connectivity index (χ4v) is 2.86. The van der Waals surface area contributed by atoms with Gasteiger partial charge in [0.1, 0.15) is 23.9 Å². The molecule has 9 heteroatoms. The van der Waals surface area contributed by atoms with Crippen molar-refractivity contribution in [1.29, 1.82) is 0 Å². The molecule has 2 N–H and O–H groups in total. The van der Waals surface area contributed by atoms with Gasteiger partial charge in [-0.3, -0.25) is 4.79 Å². The number of anilines is 1. The highest BCUT2D eigenvalue weighted by Gasteiger charge is 2.14. The highest BCUT2D eigenvalue weighted by molar-refractivity contribution is 6.01. The Kier molecular flexibility index (Phi) is 8.20. The van der Waals surface area contributed by atoms with Gasteiger partial charge in [-0.15, -0.1) is 0 Å². The van der Waals surface area contributed by atoms with Crippen LogP contribution < -0.4 is 19.5 Å². The molecule has 0 radical (unpaired) electrons. The molecule has 0 saturated heterocycles. The molecular formula is C24H24N2O7. The summed E-state index contributed by atoms with van der Waals surface area (Å²) in [6.45, 7) is 0.969. The standard InChI is InChI=1S/C24H24N2O7/c1-30-11-12-32-17-4-6-18(7-5-17)33-23-10-3-16(15-25-23)13-22(27)26-21-9-8-19(31-2)14-20(21)24(28)29/h3-10,14-15H,11-13H2,1-2H3,(H,26,27)(H,28,29). The van der Waals surface area contributed by atoms with Crippen LogP contribution in [0.4, 0.5) is 5.69 Å². The quantitative estimate of drug-likeness (QED) is 0.422. The van der Waals surface area contributed by atoms with Gasteiger partial charge in [-0.1, -0.05) is 6.07 Å². The number of aromatic nitrogens is 1. The molecule has 2 aromatic carbocycles. The van der Waals surface area contributed by atoms with Gasteiger partial charge in [0.05, 0.1) is 31.4 Å². The molecule has 172 valence electrons. The second-order valence-corrected chi connectivity index (χ2v) is 6.86. The molecule has 0 spiro atoms. The largest absolute Gasteiger partial charge is 0.497 e. The van der Waals surface area contributed by atoms with E-state index in [1.807, 2.05) is 0 Å². The van der Waals surface area contributed by atoms with E-state index in [1.165, 1.54) is 25.4 Å². The summed E-state index contributed by atoms with van der Waals surface area (Å²) < 4.78 is 21.2. The van der Waals surface area contributed by atoms with Crippen molar-refractivity contribution in [3.63, 3.8) is 0 Å². The van der Waals surface area contributed by atoms with Crippen LogP contribution in [0.5, 0.6) is 23.1 Å². The number of carbonyl (C=O) groups is 2. The first-order valence-electron chi connectivity index (χ1n) is 10.0. The summed E-state index contributed by atoms with van der Waals surface area (Å²) >= 11 is 0. The summed E-state index contributed by atoms with van der Waals surface area (Å²) in [5.41, 5.74) is 0.780. The summed E-state index contributed by atoms with van der Waals surface area (Å²) in [4.78, 5) is 28.1. The van der Waals surface area contributed by atoms with E-state index in [-0.39, 0.29) is 23.6 Å². The molecule has 1 aromatic heterocycles. The van der Waals surface area contributed by atoms with Gasteiger partial charge in [0.2, 0.25) is 11.8 Å². The van der Waals surface area contributed by atoms with Crippen LogP contribution in [0.3, 0.4) is 0 Å². The number of ether oxygens (including phenoxy) is 4. The second-order valence-electron chi connectivity index (χ2n) is 6.86. The number of carbonyl (C=O) groups excluding carboxylic acids is 1. The lowest BCUT2D eigenvalue weighted by molar-refractivity contribution is -0.115. The number of carboxylic acid groups (broad SMARTS) is 1. The van der Waals surface area contributed by atoms with E-state index in [9.17, 15) is 14.7 Å². The van der Waals surface area contributed by atoms with E-state index >= 15 is 0 Å². The van der Waals surface area contributed by atoms with Gasteiger partial charge in [0.15, 0.2) is 0 Å². The first-order chi connectivity index (χ1) is 16.0. The Hall–Kier alpha value is -4.11. The number of hydrogen-bond donors (Lipinski definition) is 2. The van der Waals surface area contributed by atoms with Gasteiger partial charge >= 0.3 is 5.97 Å². The minimum atomic E-state index is -1.16. The number of aromatic carboxylic acids is 1. The molecule has 33 heavy (non-hydrogen) atoms. The van der Waals surface area contributed by atoms with E-state index in [1.54, 1.807) is 49.6 Å². The molecule has 9 nitrogen and oxygen atoms in total. The number of carboxylic acids is 1. The highest BCUT2D eigenvalue weighted by atomic mass is 16.5. The van der Waals surface area contributed by atoms with Crippen LogP contribution in [0, 0.1) is 0 Å².